The second-order valence-corrected chi connectivity index (χ2v) is 8.68. The van der Waals surface area contributed by atoms with Gasteiger partial charge >= 0.3 is 0 Å². The van der Waals surface area contributed by atoms with Gasteiger partial charge in [0.1, 0.15) is 0 Å². The second-order valence-electron chi connectivity index (χ2n) is 8.68. The molecule has 1 aromatic rings. The van der Waals surface area contributed by atoms with Crippen molar-refractivity contribution in [2.45, 2.75) is 136 Å². The minimum atomic E-state index is 1.15. The molecule has 1 aromatic heterocycles. The van der Waals surface area contributed by atoms with Gasteiger partial charge in [0.25, 0.3) is 0 Å². The molecule has 1 heterocycles. The van der Waals surface area contributed by atoms with Crippen molar-refractivity contribution in [1.29, 1.82) is 0 Å². The Balaban J connectivity index is 1.78. The van der Waals surface area contributed by atoms with Crippen LogP contribution in [-0.2, 0) is 6.42 Å². The first-order valence-corrected chi connectivity index (χ1v) is 12.2. The molecule has 0 fully saturated rings. The van der Waals surface area contributed by atoms with Crippen LogP contribution in [0, 0.1) is 13.8 Å². The quantitative estimate of drug-likeness (QED) is 0.234. The van der Waals surface area contributed by atoms with Gasteiger partial charge in [-0.2, -0.15) is 0 Å². The zero-order chi connectivity index (χ0) is 19.6. The van der Waals surface area contributed by atoms with E-state index in [-0.39, 0.29) is 0 Å². The van der Waals surface area contributed by atoms with E-state index in [9.17, 15) is 0 Å². The zero-order valence-corrected chi connectivity index (χ0v) is 18.8. The van der Waals surface area contributed by atoms with Gasteiger partial charge in [0.15, 0.2) is 0 Å². The molecule has 1 nitrogen and oxygen atoms in total. The van der Waals surface area contributed by atoms with Crippen molar-refractivity contribution >= 4 is 0 Å². The van der Waals surface area contributed by atoms with E-state index < -0.39 is 0 Å². The summed E-state index contributed by atoms with van der Waals surface area (Å²) in [6, 6.07) is 4.41. The molecule has 0 N–H and O–H groups in total. The molecule has 0 aliphatic heterocycles. The number of rotatable bonds is 18. The molecule has 1 heteroatoms. The largest absolute Gasteiger partial charge is 0.258 e. The average Bonchev–Trinajstić information content (AvgIpc) is 2.63. The third kappa shape index (κ3) is 14.8. The molecule has 0 aliphatic rings. The number of nitrogens with zero attached hydrogens (tertiary/aromatic N) is 1. The summed E-state index contributed by atoms with van der Waals surface area (Å²) in [5.74, 6) is 0. The maximum Gasteiger partial charge on any atom is 0.0409 e. The maximum atomic E-state index is 4.64. The predicted molar refractivity (Wildman–Crippen MR) is 122 cm³/mol. The van der Waals surface area contributed by atoms with Crippen LogP contribution in [0.3, 0.4) is 0 Å². The lowest BCUT2D eigenvalue weighted by atomic mass is 10.0. The Morgan fingerprint density at radius 2 is 0.963 bits per heavy atom. The molecule has 1 rings (SSSR count). The van der Waals surface area contributed by atoms with E-state index in [0.717, 1.165) is 12.1 Å². The van der Waals surface area contributed by atoms with Gasteiger partial charge in [-0.15, -0.1) is 0 Å². The van der Waals surface area contributed by atoms with Gasteiger partial charge in [-0.25, -0.2) is 0 Å². The van der Waals surface area contributed by atoms with Gasteiger partial charge in [-0.1, -0.05) is 110 Å². The zero-order valence-electron chi connectivity index (χ0n) is 18.8. The van der Waals surface area contributed by atoms with Crippen LogP contribution in [0.25, 0.3) is 0 Å². The average molecular weight is 374 g/mol. The molecule has 156 valence electrons. The lowest BCUT2D eigenvalue weighted by Crippen LogP contribution is -1.94. The Bertz CT molecular complexity index is 431. The molecule has 0 spiro atoms. The van der Waals surface area contributed by atoms with E-state index >= 15 is 0 Å². The van der Waals surface area contributed by atoms with Gasteiger partial charge in [0, 0.05) is 11.4 Å². The van der Waals surface area contributed by atoms with E-state index in [4.69, 9.17) is 0 Å². The fraction of sp³-hybridized carbons (Fsp3) is 0.808. The summed E-state index contributed by atoms with van der Waals surface area (Å²) in [5.41, 5.74) is 3.80. The summed E-state index contributed by atoms with van der Waals surface area (Å²) in [7, 11) is 0. The van der Waals surface area contributed by atoms with Crippen molar-refractivity contribution < 1.29 is 0 Å². The molecule has 0 bridgehead atoms. The van der Waals surface area contributed by atoms with Crippen LogP contribution in [-0.4, -0.2) is 4.98 Å². The summed E-state index contributed by atoms with van der Waals surface area (Å²) in [6.07, 6.45) is 25.6. The number of aryl methyl sites for hydroxylation is 3. The first kappa shape index (κ1) is 24.2. The molecule has 0 amide bonds. The molecule has 0 atom stereocenters. The third-order valence-electron chi connectivity index (χ3n) is 5.69. The number of hydrogen-bond acceptors (Lipinski definition) is 1. The number of pyridine rings is 1. The molecule has 0 aromatic carbocycles. The fourth-order valence-corrected chi connectivity index (χ4v) is 4.08. The van der Waals surface area contributed by atoms with Gasteiger partial charge < -0.3 is 0 Å². The van der Waals surface area contributed by atoms with Crippen LogP contribution < -0.4 is 0 Å². The fourth-order valence-electron chi connectivity index (χ4n) is 4.08. The van der Waals surface area contributed by atoms with Gasteiger partial charge in [-0.05, 0) is 44.4 Å². The van der Waals surface area contributed by atoms with E-state index in [2.05, 4.69) is 37.9 Å². The van der Waals surface area contributed by atoms with Crippen LogP contribution in [0.1, 0.15) is 133 Å². The summed E-state index contributed by atoms with van der Waals surface area (Å²) in [4.78, 5) is 4.64. The van der Waals surface area contributed by atoms with Gasteiger partial charge in [0.2, 0.25) is 0 Å². The second kappa shape index (κ2) is 17.3. The Morgan fingerprint density at radius 3 is 1.37 bits per heavy atom. The van der Waals surface area contributed by atoms with Crippen LogP contribution in [0.2, 0.25) is 0 Å². The standard InChI is InChI=1S/C26H47N/c1-4-5-6-7-8-9-10-11-12-13-14-15-16-17-18-19-20-21-26-23-24(2)22-25(3)27-26/h22-23H,4-21H2,1-3H3. The highest BCUT2D eigenvalue weighted by molar-refractivity contribution is 5.19. The van der Waals surface area contributed by atoms with E-state index in [1.807, 2.05) is 0 Å². The summed E-state index contributed by atoms with van der Waals surface area (Å²) in [6.45, 7) is 6.57. The minimum Gasteiger partial charge on any atom is -0.258 e. The highest BCUT2D eigenvalue weighted by Gasteiger charge is 1.99. The molecule has 0 saturated carbocycles. The topological polar surface area (TPSA) is 12.9 Å². The molecule has 0 radical (unpaired) electrons. The summed E-state index contributed by atoms with van der Waals surface area (Å²) < 4.78 is 0. The van der Waals surface area contributed by atoms with Crippen molar-refractivity contribution in [3.05, 3.63) is 29.1 Å². The first-order valence-electron chi connectivity index (χ1n) is 12.2. The van der Waals surface area contributed by atoms with Crippen molar-refractivity contribution in [3.63, 3.8) is 0 Å². The molecular weight excluding hydrogens is 326 g/mol. The van der Waals surface area contributed by atoms with Crippen molar-refractivity contribution in [2.24, 2.45) is 0 Å². The monoisotopic (exact) mass is 373 g/mol. The minimum absolute atomic E-state index is 1.15. The Labute approximate surface area is 170 Å². The van der Waals surface area contributed by atoms with Crippen molar-refractivity contribution in [3.8, 4) is 0 Å². The van der Waals surface area contributed by atoms with Gasteiger partial charge in [-0.3, -0.25) is 4.98 Å². The smallest absolute Gasteiger partial charge is 0.0409 e. The van der Waals surface area contributed by atoms with Crippen LogP contribution in [0.15, 0.2) is 12.1 Å². The van der Waals surface area contributed by atoms with E-state index in [1.165, 1.54) is 120 Å². The SMILES string of the molecule is CCCCCCCCCCCCCCCCCCCc1cc(C)cc(C)n1. The summed E-state index contributed by atoms with van der Waals surface area (Å²) in [5, 5.41) is 0. The summed E-state index contributed by atoms with van der Waals surface area (Å²) >= 11 is 0. The normalized spacial score (nSPS) is 11.2. The number of unbranched alkanes of at least 4 members (excludes halogenated alkanes) is 16. The Morgan fingerprint density at radius 1 is 0.556 bits per heavy atom. The Kier molecular flexibility index (Phi) is 15.5. The molecule has 0 unspecified atom stereocenters. The lowest BCUT2D eigenvalue weighted by molar-refractivity contribution is 0.527. The van der Waals surface area contributed by atoms with Crippen LogP contribution in [0.5, 0.6) is 0 Å². The first-order chi connectivity index (χ1) is 13.2. The molecule has 0 saturated heterocycles. The number of aromatic nitrogens is 1. The predicted octanol–water partition coefficient (Wildman–Crippen LogP) is 8.89. The van der Waals surface area contributed by atoms with Crippen LogP contribution in [0.4, 0.5) is 0 Å². The molecule has 27 heavy (non-hydrogen) atoms. The maximum absolute atomic E-state index is 4.64. The highest BCUT2D eigenvalue weighted by Crippen LogP contribution is 2.15. The van der Waals surface area contributed by atoms with E-state index in [0.29, 0.717) is 0 Å². The molecule has 0 aliphatic carbocycles. The van der Waals surface area contributed by atoms with Gasteiger partial charge in [0.05, 0.1) is 0 Å². The van der Waals surface area contributed by atoms with Crippen molar-refractivity contribution in [1.82, 2.24) is 4.98 Å². The molecular formula is C26H47N. The van der Waals surface area contributed by atoms with Crippen LogP contribution >= 0.6 is 0 Å². The lowest BCUT2D eigenvalue weighted by Gasteiger charge is -2.05. The third-order valence-corrected chi connectivity index (χ3v) is 5.69. The van der Waals surface area contributed by atoms with E-state index in [1.54, 1.807) is 0 Å². The number of hydrogen-bond donors (Lipinski definition) is 0. The van der Waals surface area contributed by atoms with Crippen molar-refractivity contribution in [2.75, 3.05) is 0 Å². The Hall–Kier alpha value is -0.850. The highest BCUT2D eigenvalue weighted by atomic mass is 14.7.